The minimum Gasteiger partial charge on any atom is -0.478 e. The zero-order valence-electron chi connectivity index (χ0n) is 10.6. The summed E-state index contributed by atoms with van der Waals surface area (Å²) in [6, 6.07) is 4.24. The fourth-order valence-electron chi connectivity index (χ4n) is 1.80. The normalized spacial score (nSPS) is 15.0. The van der Waals surface area contributed by atoms with Gasteiger partial charge in [-0.1, -0.05) is 0 Å². The van der Waals surface area contributed by atoms with Crippen LogP contribution in [-0.2, 0) is 10.0 Å². The molecule has 1 aliphatic rings. The largest absolute Gasteiger partial charge is 0.478 e. The number of nitriles is 1. The molecule has 1 fully saturated rings. The van der Waals surface area contributed by atoms with Crippen molar-refractivity contribution in [2.24, 2.45) is 0 Å². The number of sulfonamides is 1. The van der Waals surface area contributed by atoms with E-state index >= 15 is 0 Å². The van der Waals surface area contributed by atoms with E-state index in [4.69, 9.17) is 10.4 Å². The first kappa shape index (κ1) is 14.4. The summed E-state index contributed by atoms with van der Waals surface area (Å²) in [5.74, 6) is -1.16. The Labute approximate surface area is 116 Å². The summed E-state index contributed by atoms with van der Waals surface area (Å²) in [5, 5.41) is 17.2. The van der Waals surface area contributed by atoms with Gasteiger partial charge in [0.2, 0.25) is 0 Å². The van der Waals surface area contributed by atoms with Crippen LogP contribution in [0.15, 0.2) is 23.4 Å². The predicted molar refractivity (Wildman–Crippen MR) is 68.3 cm³/mol. The molecule has 0 amide bonds. The zero-order chi connectivity index (χ0) is 14.8. The summed E-state index contributed by atoms with van der Waals surface area (Å²) >= 11 is 0. The number of hydrogen-bond acceptors (Lipinski definition) is 5. The van der Waals surface area contributed by atoms with E-state index in [-0.39, 0.29) is 29.6 Å². The number of aromatic nitrogens is 1. The molecule has 106 valence electrons. The first-order valence-electron chi connectivity index (χ1n) is 6.05. The lowest BCUT2D eigenvalue weighted by Crippen LogP contribution is -2.34. The number of pyridine rings is 1. The minimum absolute atomic E-state index is 0.0704. The van der Waals surface area contributed by atoms with E-state index in [1.807, 2.05) is 6.07 Å². The fraction of sp³-hybridized carbons (Fsp3) is 0.417. The van der Waals surface area contributed by atoms with Crippen molar-refractivity contribution in [1.82, 2.24) is 9.29 Å². The summed E-state index contributed by atoms with van der Waals surface area (Å²) in [7, 11) is -3.77. The Morgan fingerprint density at radius 2 is 2.20 bits per heavy atom. The van der Waals surface area contributed by atoms with Crippen molar-refractivity contribution in [3.8, 4) is 6.07 Å². The highest BCUT2D eigenvalue weighted by Crippen LogP contribution is 2.31. The maximum Gasteiger partial charge on any atom is 0.337 e. The predicted octanol–water partition coefficient (Wildman–Crippen LogP) is 0.847. The Morgan fingerprint density at radius 3 is 2.65 bits per heavy atom. The molecule has 1 aromatic heterocycles. The summed E-state index contributed by atoms with van der Waals surface area (Å²) in [4.78, 5) is 14.4. The van der Waals surface area contributed by atoms with Gasteiger partial charge in [0.1, 0.15) is 0 Å². The van der Waals surface area contributed by atoms with Gasteiger partial charge >= 0.3 is 5.97 Å². The van der Waals surface area contributed by atoms with Crippen molar-refractivity contribution in [1.29, 1.82) is 5.26 Å². The fourth-order valence-corrected chi connectivity index (χ4v) is 3.40. The van der Waals surface area contributed by atoms with Gasteiger partial charge in [0, 0.05) is 25.2 Å². The second-order valence-corrected chi connectivity index (χ2v) is 6.28. The van der Waals surface area contributed by atoms with Crippen LogP contribution >= 0.6 is 0 Å². The number of carboxylic acids is 1. The summed E-state index contributed by atoms with van der Waals surface area (Å²) < 4.78 is 26.1. The second-order valence-electron chi connectivity index (χ2n) is 4.45. The van der Waals surface area contributed by atoms with Crippen LogP contribution in [0.5, 0.6) is 0 Å². The van der Waals surface area contributed by atoms with Crippen molar-refractivity contribution in [2.75, 3.05) is 6.54 Å². The van der Waals surface area contributed by atoms with Crippen molar-refractivity contribution in [3.05, 3.63) is 23.9 Å². The Hall–Kier alpha value is -1.98. The quantitative estimate of drug-likeness (QED) is 0.832. The topological polar surface area (TPSA) is 111 Å². The number of carboxylic acid groups (broad SMARTS) is 1. The van der Waals surface area contributed by atoms with Gasteiger partial charge in [-0.15, -0.1) is 0 Å². The molecule has 8 heteroatoms. The van der Waals surface area contributed by atoms with E-state index in [2.05, 4.69) is 4.98 Å². The number of rotatable bonds is 6. The molecule has 0 radical (unpaired) electrons. The molecule has 1 aromatic rings. The van der Waals surface area contributed by atoms with Crippen LogP contribution in [0.2, 0.25) is 0 Å². The molecule has 0 aromatic carbocycles. The van der Waals surface area contributed by atoms with Gasteiger partial charge < -0.3 is 5.11 Å². The van der Waals surface area contributed by atoms with Crippen molar-refractivity contribution in [2.45, 2.75) is 30.3 Å². The first-order chi connectivity index (χ1) is 9.46. The maximum absolute atomic E-state index is 12.4. The van der Waals surface area contributed by atoms with Crippen LogP contribution in [0.3, 0.4) is 0 Å². The molecule has 0 saturated heterocycles. The average molecular weight is 295 g/mol. The van der Waals surface area contributed by atoms with Crippen LogP contribution < -0.4 is 0 Å². The van der Waals surface area contributed by atoms with Crippen LogP contribution in [0, 0.1) is 11.3 Å². The molecule has 2 rings (SSSR count). The molecule has 1 aliphatic carbocycles. The molecule has 0 unspecified atom stereocenters. The number of carbonyl (C=O) groups is 1. The third kappa shape index (κ3) is 2.95. The summed E-state index contributed by atoms with van der Waals surface area (Å²) in [5.41, 5.74) is -0.0704. The highest BCUT2D eigenvalue weighted by atomic mass is 32.2. The van der Waals surface area contributed by atoms with E-state index in [1.165, 1.54) is 16.4 Å². The van der Waals surface area contributed by atoms with Gasteiger partial charge in [0.05, 0.1) is 11.6 Å². The standard InChI is InChI=1S/C12H13N3O4S/c13-6-1-7-15(10-3-4-10)20(18,19)11-5-2-9(8-14-11)12(16)17/h2,5,8,10H,1,3-4,7H2,(H,16,17). The maximum atomic E-state index is 12.4. The smallest absolute Gasteiger partial charge is 0.337 e. The highest BCUT2D eigenvalue weighted by Gasteiger charge is 2.38. The lowest BCUT2D eigenvalue weighted by molar-refractivity contribution is 0.0696. The monoisotopic (exact) mass is 295 g/mol. The molecule has 1 heterocycles. The molecule has 1 N–H and O–H groups in total. The third-order valence-corrected chi connectivity index (χ3v) is 4.82. The van der Waals surface area contributed by atoms with E-state index < -0.39 is 16.0 Å². The van der Waals surface area contributed by atoms with Gasteiger partial charge in [0.25, 0.3) is 10.0 Å². The highest BCUT2D eigenvalue weighted by molar-refractivity contribution is 7.89. The summed E-state index contributed by atoms with van der Waals surface area (Å²) in [6.07, 6.45) is 2.68. The van der Waals surface area contributed by atoms with Crippen LogP contribution in [0.1, 0.15) is 29.6 Å². The molecule has 20 heavy (non-hydrogen) atoms. The van der Waals surface area contributed by atoms with E-state index in [9.17, 15) is 13.2 Å². The first-order valence-corrected chi connectivity index (χ1v) is 7.49. The van der Waals surface area contributed by atoms with Crippen molar-refractivity contribution < 1.29 is 18.3 Å². The van der Waals surface area contributed by atoms with Crippen LogP contribution in [-0.4, -0.2) is 41.4 Å². The molecule has 0 aliphatic heterocycles. The number of nitrogens with zero attached hydrogens (tertiary/aromatic N) is 3. The van der Waals surface area contributed by atoms with Gasteiger partial charge in [-0.05, 0) is 25.0 Å². The summed E-state index contributed by atoms with van der Waals surface area (Å²) in [6.45, 7) is 0.131. The van der Waals surface area contributed by atoms with E-state index in [0.29, 0.717) is 0 Å². The number of hydrogen-bond donors (Lipinski definition) is 1. The van der Waals surface area contributed by atoms with Gasteiger partial charge in [-0.2, -0.15) is 9.57 Å². The molecule has 7 nitrogen and oxygen atoms in total. The third-order valence-electron chi connectivity index (χ3n) is 2.95. The number of aromatic carboxylic acids is 1. The molecule has 0 spiro atoms. The lowest BCUT2D eigenvalue weighted by Gasteiger charge is -2.19. The Morgan fingerprint density at radius 1 is 1.50 bits per heavy atom. The average Bonchev–Trinajstić information content (AvgIpc) is 3.23. The minimum atomic E-state index is -3.77. The van der Waals surface area contributed by atoms with E-state index in [1.54, 1.807) is 0 Å². The van der Waals surface area contributed by atoms with Crippen LogP contribution in [0.4, 0.5) is 0 Å². The second kappa shape index (κ2) is 5.56. The van der Waals surface area contributed by atoms with Crippen LogP contribution in [0.25, 0.3) is 0 Å². The zero-order valence-corrected chi connectivity index (χ0v) is 11.4. The molecule has 0 atom stereocenters. The van der Waals surface area contributed by atoms with E-state index in [0.717, 1.165) is 19.0 Å². The Balaban J connectivity index is 2.27. The molecule has 0 bridgehead atoms. The lowest BCUT2D eigenvalue weighted by atomic mass is 10.3. The van der Waals surface area contributed by atoms with Gasteiger partial charge in [0.15, 0.2) is 5.03 Å². The molecular weight excluding hydrogens is 282 g/mol. The van der Waals surface area contributed by atoms with Gasteiger partial charge in [-0.25, -0.2) is 18.2 Å². The van der Waals surface area contributed by atoms with Gasteiger partial charge in [-0.3, -0.25) is 0 Å². The van der Waals surface area contributed by atoms with Crippen molar-refractivity contribution >= 4 is 16.0 Å². The van der Waals surface area contributed by atoms with Crippen molar-refractivity contribution in [3.63, 3.8) is 0 Å². The molecule has 1 saturated carbocycles. The SMILES string of the molecule is N#CCCN(C1CC1)S(=O)(=O)c1ccc(C(=O)O)cn1. The Kier molecular flexibility index (Phi) is 4.01. The molecular formula is C12H13N3O4S. The Bertz CT molecular complexity index is 644.